The van der Waals surface area contributed by atoms with Crippen molar-refractivity contribution >= 4 is 17.8 Å². The average molecular weight is 371 g/mol. The summed E-state index contributed by atoms with van der Waals surface area (Å²) in [5.74, 6) is -0.202. The van der Waals surface area contributed by atoms with Crippen molar-refractivity contribution in [1.29, 1.82) is 0 Å². The van der Waals surface area contributed by atoms with Crippen LogP contribution in [0.3, 0.4) is 0 Å². The maximum Gasteiger partial charge on any atom is 0.325 e. The van der Waals surface area contributed by atoms with Crippen molar-refractivity contribution in [3.05, 3.63) is 35.4 Å². The van der Waals surface area contributed by atoms with E-state index in [1.54, 1.807) is 0 Å². The van der Waals surface area contributed by atoms with Gasteiger partial charge in [-0.1, -0.05) is 56.5 Å². The lowest BCUT2D eigenvalue weighted by molar-refractivity contribution is -0.135. The highest BCUT2D eigenvalue weighted by Crippen LogP contribution is 2.32. The Morgan fingerprint density at radius 3 is 2.52 bits per heavy atom. The predicted octanol–water partition coefficient (Wildman–Crippen LogP) is 2.85. The molecule has 0 unspecified atom stereocenters. The molecule has 1 aliphatic carbocycles. The summed E-state index contributed by atoms with van der Waals surface area (Å²) in [5.41, 5.74) is 0.737. The van der Waals surface area contributed by atoms with E-state index in [0.29, 0.717) is 12.3 Å². The van der Waals surface area contributed by atoms with E-state index in [9.17, 15) is 14.4 Å². The number of imide groups is 1. The first kappa shape index (κ1) is 19.4. The predicted molar refractivity (Wildman–Crippen MR) is 103 cm³/mol. The largest absolute Gasteiger partial charge is 0.352 e. The summed E-state index contributed by atoms with van der Waals surface area (Å²) in [4.78, 5) is 39.2. The van der Waals surface area contributed by atoms with Crippen LogP contribution >= 0.6 is 0 Å². The second-order valence-electron chi connectivity index (χ2n) is 7.88. The summed E-state index contributed by atoms with van der Waals surface area (Å²) in [6, 6.07) is 7.20. The Kier molecular flexibility index (Phi) is 5.53. The van der Waals surface area contributed by atoms with Crippen LogP contribution in [0.1, 0.15) is 57.1 Å². The summed E-state index contributed by atoms with van der Waals surface area (Å²) in [7, 11) is 0. The fourth-order valence-electron chi connectivity index (χ4n) is 4.17. The van der Waals surface area contributed by atoms with Crippen molar-refractivity contribution in [2.45, 2.75) is 64.5 Å². The van der Waals surface area contributed by atoms with Crippen LogP contribution < -0.4 is 10.6 Å². The van der Waals surface area contributed by atoms with Crippen LogP contribution in [0.5, 0.6) is 0 Å². The van der Waals surface area contributed by atoms with Gasteiger partial charge in [-0.3, -0.25) is 14.5 Å². The minimum atomic E-state index is -1.09. The number of rotatable bonds is 5. The van der Waals surface area contributed by atoms with Crippen molar-refractivity contribution in [2.24, 2.45) is 5.92 Å². The molecule has 0 radical (unpaired) electrons. The fraction of sp³-hybridized carbons (Fsp3) is 0.571. The van der Waals surface area contributed by atoms with E-state index in [2.05, 4.69) is 17.6 Å². The zero-order chi connectivity index (χ0) is 19.6. The van der Waals surface area contributed by atoms with Gasteiger partial charge in [-0.15, -0.1) is 0 Å². The number of nitrogens with zero attached hydrogens (tertiary/aromatic N) is 1. The Morgan fingerprint density at radius 2 is 1.89 bits per heavy atom. The number of amides is 4. The topological polar surface area (TPSA) is 78.5 Å². The molecular formula is C21H29N3O3. The number of urea groups is 1. The zero-order valence-electron chi connectivity index (χ0n) is 16.4. The van der Waals surface area contributed by atoms with Crippen molar-refractivity contribution in [3.63, 3.8) is 0 Å². The fourth-order valence-corrected chi connectivity index (χ4v) is 4.17. The highest BCUT2D eigenvalue weighted by Gasteiger charge is 2.51. The van der Waals surface area contributed by atoms with Gasteiger partial charge in [-0.2, -0.15) is 0 Å². The third-order valence-electron chi connectivity index (χ3n) is 6.01. The van der Waals surface area contributed by atoms with E-state index >= 15 is 0 Å². The Hall–Kier alpha value is -2.37. The number of benzene rings is 1. The number of aryl methyl sites for hydroxylation is 1. The normalized spacial score (nSPS) is 28.2. The molecule has 1 aliphatic heterocycles. The van der Waals surface area contributed by atoms with Crippen LogP contribution in [-0.4, -0.2) is 35.3 Å². The maximum atomic E-state index is 13.1. The van der Waals surface area contributed by atoms with Crippen LogP contribution in [-0.2, 0) is 15.1 Å². The van der Waals surface area contributed by atoms with E-state index in [-0.39, 0.29) is 24.4 Å². The lowest BCUT2D eigenvalue weighted by atomic mass is 9.86. The molecule has 4 amide bonds. The average Bonchev–Trinajstić information content (AvgIpc) is 2.89. The Bertz CT molecular complexity index is 731. The van der Waals surface area contributed by atoms with E-state index in [1.807, 2.05) is 38.1 Å². The molecule has 2 fully saturated rings. The van der Waals surface area contributed by atoms with Crippen LogP contribution in [0.15, 0.2) is 24.3 Å². The van der Waals surface area contributed by atoms with Gasteiger partial charge in [0.1, 0.15) is 12.1 Å². The standard InChI is InChI=1S/C21H29N3O3/c1-4-21(16-11-9-14(2)10-12-16)19(26)24(20(27)23-21)13-18(25)22-17-8-6-5-7-15(17)3/h9-12,15,17H,4-8,13H2,1-3H3,(H,22,25)(H,23,27)/t15-,17-,21-/m1/s1. The second kappa shape index (κ2) is 7.71. The lowest BCUT2D eigenvalue weighted by Gasteiger charge is -2.30. The van der Waals surface area contributed by atoms with Gasteiger partial charge in [0.05, 0.1) is 0 Å². The molecule has 27 heavy (non-hydrogen) atoms. The van der Waals surface area contributed by atoms with Gasteiger partial charge >= 0.3 is 6.03 Å². The van der Waals surface area contributed by atoms with Crippen LogP contribution in [0.2, 0.25) is 0 Å². The molecule has 0 spiro atoms. The number of nitrogens with one attached hydrogen (secondary N) is 2. The zero-order valence-corrected chi connectivity index (χ0v) is 16.4. The minimum Gasteiger partial charge on any atom is -0.352 e. The van der Waals surface area contributed by atoms with Gasteiger partial charge in [0.15, 0.2) is 0 Å². The van der Waals surface area contributed by atoms with E-state index in [1.165, 1.54) is 6.42 Å². The Morgan fingerprint density at radius 1 is 1.22 bits per heavy atom. The summed E-state index contributed by atoms with van der Waals surface area (Å²) in [6.07, 6.45) is 4.77. The lowest BCUT2D eigenvalue weighted by Crippen LogP contribution is -2.48. The van der Waals surface area contributed by atoms with Crippen LogP contribution in [0.25, 0.3) is 0 Å². The summed E-state index contributed by atoms with van der Waals surface area (Å²) < 4.78 is 0. The molecule has 3 atom stereocenters. The number of carbonyl (C=O) groups excluding carboxylic acids is 3. The van der Waals surface area contributed by atoms with E-state index < -0.39 is 11.6 Å². The first-order valence-corrected chi connectivity index (χ1v) is 9.88. The molecule has 1 saturated heterocycles. The molecule has 6 nitrogen and oxygen atoms in total. The molecule has 1 aromatic carbocycles. The van der Waals surface area contributed by atoms with Crippen molar-refractivity contribution in [1.82, 2.24) is 15.5 Å². The van der Waals surface area contributed by atoms with Gasteiger partial charge in [-0.25, -0.2) is 4.79 Å². The summed E-state index contributed by atoms with van der Waals surface area (Å²) in [6.45, 7) is 5.74. The number of carbonyl (C=O) groups is 3. The molecule has 2 N–H and O–H groups in total. The van der Waals surface area contributed by atoms with E-state index in [4.69, 9.17) is 0 Å². The van der Waals surface area contributed by atoms with Gasteiger partial charge < -0.3 is 10.6 Å². The summed E-state index contributed by atoms with van der Waals surface area (Å²) >= 11 is 0. The molecule has 6 heteroatoms. The van der Waals surface area contributed by atoms with Crippen LogP contribution in [0, 0.1) is 12.8 Å². The van der Waals surface area contributed by atoms with Gasteiger partial charge in [0.2, 0.25) is 5.91 Å². The molecule has 146 valence electrons. The molecule has 1 saturated carbocycles. The molecule has 3 rings (SSSR count). The second-order valence-corrected chi connectivity index (χ2v) is 7.88. The molecular weight excluding hydrogens is 342 g/mol. The Balaban J connectivity index is 1.73. The molecule has 0 bridgehead atoms. The molecule has 2 aliphatic rings. The first-order chi connectivity index (χ1) is 12.9. The highest BCUT2D eigenvalue weighted by molar-refractivity contribution is 6.09. The monoisotopic (exact) mass is 371 g/mol. The van der Waals surface area contributed by atoms with Crippen molar-refractivity contribution < 1.29 is 14.4 Å². The van der Waals surface area contributed by atoms with Gasteiger partial charge in [0.25, 0.3) is 5.91 Å². The Labute approximate surface area is 160 Å². The quantitative estimate of drug-likeness (QED) is 0.781. The number of hydrogen-bond donors (Lipinski definition) is 2. The maximum absolute atomic E-state index is 13.1. The molecule has 1 aromatic rings. The third kappa shape index (κ3) is 3.70. The van der Waals surface area contributed by atoms with E-state index in [0.717, 1.165) is 35.3 Å². The third-order valence-corrected chi connectivity index (χ3v) is 6.01. The smallest absolute Gasteiger partial charge is 0.325 e. The highest BCUT2D eigenvalue weighted by atomic mass is 16.2. The van der Waals surface area contributed by atoms with Crippen molar-refractivity contribution in [2.75, 3.05) is 6.54 Å². The number of hydrogen-bond acceptors (Lipinski definition) is 3. The summed E-state index contributed by atoms with van der Waals surface area (Å²) in [5, 5.41) is 5.84. The van der Waals surface area contributed by atoms with Crippen LogP contribution in [0.4, 0.5) is 4.79 Å². The molecule has 1 heterocycles. The SMILES string of the molecule is CC[C@]1(c2ccc(C)cc2)NC(=O)N(CC(=O)N[C@@H]2CCCC[C@H]2C)C1=O. The van der Waals surface area contributed by atoms with Gasteiger partial charge in [0, 0.05) is 6.04 Å². The first-order valence-electron chi connectivity index (χ1n) is 9.88. The van der Waals surface area contributed by atoms with Crippen molar-refractivity contribution in [3.8, 4) is 0 Å². The van der Waals surface area contributed by atoms with Gasteiger partial charge in [-0.05, 0) is 37.7 Å². The molecule has 0 aromatic heterocycles. The minimum absolute atomic E-state index is 0.125.